The van der Waals surface area contributed by atoms with Gasteiger partial charge in [0.1, 0.15) is 13.2 Å². The van der Waals surface area contributed by atoms with E-state index in [9.17, 15) is 14.4 Å². The second-order valence-corrected chi connectivity index (χ2v) is 19.9. The van der Waals surface area contributed by atoms with Gasteiger partial charge in [0.25, 0.3) is 0 Å². The van der Waals surface area contributed by atoms with Gasteiger partial charge in [0.15, 0.2) is 6.10 Å². The summed E-state index contributed by atoms with van der Waals surface area (Å²) < 4.78 is 16.7. The Morgan fingerprint density at radius 2 is 0.553 bits per heavy atom. The second-order valence-electron chi connectivity index (χ2n) is 19.9. The van der Waals surface area contributed by atoms with Gasteiger partial charge in [-0.1, -0.05) is 263 Å². The first-order valence-corrected chi connectivity index (χ1v) is 30.8. The summed E-state index contributed by atoms with van der Waals surface area (Å²) in [7, 11) is 0. The van der Waals surface area contributed by atoms with Gasteiger partial charge in [-0.05, 0) is 122 Å². The Morgan fingerprint density at radius 1 is 0.289 bits per heavy atom. The van der Waals surface area contributed by atoms with Gasteiger partial charge in [0, 0.05) is 12.8 Å². The van der Waals surface area contributed by atoms with Crippen LogP contribution in [0.2, 0.25) is 0 Å². The van der Waals surface area contributed by atoms with Gasteiger partial charge in [-0.25, -0.2) is 0 Å². The van der Waals surface area contributed by atoms with E-state index in [1.165, 1.54) is 96.3 Å². The summed E-state index contributed by atoms with van der Waals surface area (Å²) in [5, 5.41) is 0. The number of carbonyl (C=O) groups is 3. The molecule has 6 nitrogen and oxygen atoms in total. The fourth-order valence-electron chi connectivity index (χ4n) is 8.05. The van der Waals surface area contributed by atoms with Gasteiger partial charge in [0.05, 0.1) is 6.42 Å². The molecular formula is C70H112O6. The number of unbranched alkanes of at least 4 members (excludes halogenated alkanes) is 20. The van der Waals surface area contributed by atoms with Crippen LogP contribution in [0.5, 0.6) is 0 Å². The van der Waals surface area contributed by atoms with Crippen molar-refractivity contribution in [3.63, 3.8) is 0 Å². The summed E-state index contributed by atoms with van der Waals surface area (Å²) in [6.45, 7) is 6.29. The summed E-state index contributed by atoms with van der Waals surface area (Å²) >= 11 is 0. The maximum atomic E-state index is 12.8. The zero-order valence-corrected chi connectivity index (χ0v) is 49.0. The molecule has 0 aliphatic carbocycles. The number of hydrogen-bond acceptors (Lipinski definition) is 6. The molecule has 0 aromatic carbocycles. The first-order valence-electron chi connectivity index (χ1n) is 30.8. The van der Waals surface area contributed by atoms with Crippen LogP contribution in [0.1, 0.15) is 258 Å². The van der Waals surface area contributed by atoms with Gasteiger partial charge in [-0.15, -0.1) is 0 Å². The predicted octanol–water partition coefficient (Wildman–Crippen LogP) is 21.2. The van der Waals surface area contributed by atoms with E-state index in [2.05, 4.69) is 154 Å². The van der Waals surface area contributed by atoms with Gasteiger partial charge >= 0.3 is 17.9 Å². The third kappa shape index (κ3) is 60.2. The molecule has 76 heavy (non-hydrogen) atoms. The van der Waals surface area contributed by atoms with Crippen LogP contribution in [0.25, 0.3) is 0 Å². The molecule has 0 spiro atoms. The number of carbonyl (C=O) groups excluding carboxylic acids is 3. The Kier molecular flexibility index (Phi) is 58.9. The van der Waals surface area contributed by atoms with Crippen LogP contribution in [-0.2, 0) is 28.6 Å². The highest BCUT2D eigenvalue weighted by Crippen LogP contribution is 2.15. The van der Waals surface area contributed by atoms with E-state index in [1.807, 2.05) is 6.08 Å². The van der Waals surface area contributed by atoms with Crippen LogP contribution in [0.15, 0.2) is 146 Å². The summed E-state index contributed by atoms with van der Waals surface area (Å²) in [6, 6.07) is 0. The Bertz CT molecular complexity index is 1680. The summed E-state index contributed by atoms with van der Waals surface area (Å²) in [5.74, 6) is -1.07. The van der Waals surface area contributed by atoms with Gasteiger partial charge < -0.3 is 14.2 Å². The molecule has 1 unspecified atom stereocenters. The van der Waals surface area contributed by atoms with Crippen LogP contribution >= 0.6 is 0 Å². The van der Waals surface area contributed by atoms with E-state index in [-0.39, 0.29) is 31.6 Å². The molecule has 6 heteroatoms. The molecule has 1 atom stereocenters. The number of rotatable bonds is 54. The van der Waals surface area contributed by atoms with Crippen molar-refractivity contribution >= 4 is 17.9 Å². The number of esters is 3. The zero-order chi connectivity index (χ0) is 55.0. The topological polar surface area (TPSA) is 78.9 Å². The van der Waals surface area contributed by atoms with Crippen molar-refractivity contribution in [3.05, 3.63) is 146 Å². The van der Waals surface area contributed by atoms with Gasteiger partial charge in [-0.3, -0.25) is 14.4 Å². The second kappa shape index (κ2) is 62.8. The summed E-state index contributed by atoms with van der Waals surface area (Å²) in [6.07, 6.45) is 90.3. The van der Waals surface area contributed by atoms with E-state index in [0.717, 1.165) is 116 Å². The monoisotopic (exact) mass is 1050 g/mol. The Hall–Kier alpha value is -4.71. The molecule has 0 saturated carbocycles. The predicted molar refractivity (Wildman–Crippen MR) is 329 cm³/mol. The minimum Gasteiger partial charge on any atom is -0.462 e. The Morgan fingerprint density at radius 3 is 0.882 bits per heavy atom. The first-order chi connectivity index (χ1) is 37.5. The lowest BCUT2D eigenvalue weighted by Gasteiger charge is -2.18. The maximum absolute atomic E-state index is 12.8. The SMILES string of the molecule is CC/C=C\C/C=C\C/C=C\C/C=C\C/C=C\C/C=C\CCCCCCCCCCCCCCC(=O)OCC(COC(=O)CCCCCCC/C=C\CCCCC)OC(=O)C/C=C\C/C=C\C/C=C\C/C=C\C/C=C\CC. The van der Waals surface area contributed by atoms with E-state index in [4.69, 9.17) is 14.2 Å². The molecule has 0 heterocycles. The van der Waals surface area contributed by atoms with Crippen molar-refractivity contribution in [2.45, 2.75) is 264 Å². The van der Waals surface area contributed by atoms with Gasteiger partial charge in [-0.2, -0.15) is 0 Å². The Labute approximate surface area is 467 Å². The van der Waals surface area contributed by atoms with Crippen LogP contribution in [0, 0.1) is 0 Å². The van der Waals surface area contributed by atoms with E-state index < -0.39 is 12.1 Å². The molecule has 0 aromatic heterocycles. The van der Waals surface area contributed by atoms with Crippen molar-refractivity contribution in [1.82, 2.24) is 0 Å². The van der Waals surface area contributed by atoms with Crippen LogP contribution in [0.3, 0.4) is 0 Å². The van der Waals surface area contributed by atoms with Crippen molar-refractivity contribution in [2.75, 3.05) is 13.2 Å². The normalized spacial score (nSPS) is 13.1. The zero-order valence-electron chi connectivity index (χ0n) is 49.0. The lowest BCUT2D eigenvalue weighted by molar-refractivity contribution is -0.166. The molecule has 0 aliphatic heterocycles. The van der Waals surface area contributed by atoms with Crippen LogP contribution < -0.4 is 0 Å². The molecule has 0 rings (SSSR count). The van der Waals surface area contributed by atoms with E-state index in [0.29, 0.717) is 19.3 Å². The molecule has 0 aliphatic rings. The standard InChI is InChI=1S/C70H112O6/c1-4-7-10-13-16-19-22-25-27-28-29-30-31-32-33-34-35-36-37-38-39-40-41-42-44-45-48-51-54-57-60-63-69(72)75-66-67(65-74-68(71)62-59-56-53-50-47-24-21-18-15-12-9-6-3)76-70(73)64-61-58-55-52-49-46-43-26-23-20-17-14-11-8-5-2/h7-8,10-11,16-21,25-27,29-30,32-33,35-36,43,49,52,58,61,67H,4-6,9,12-15,22-24,28,31,34,37-42,44-48,50-51,53-57,59-60,62-66H2,1-3H3/b10-7-,11-8-,19-16-,20-17-,21-18-,27-25-,30-29-,33-32-,36-35-,43-26-,52-49-,61-58-. The lowest BCUT2D eigenvalue weighted by Crippen LogP contribution is -2.30. The summed E-state index contributed by atoms with van der Waals surface area (Å²) in [5.41, 5.74) is 0. The molecule has 0 fully saturated rings. The average molecular weight is 1050 g/mol. The first kappa shape index (κ1) is 71.3. The molecule has 0 radical (unpaired) electrons. The molecular weight excluding hydrogens is 937 g/mol. The van der Waals surface area contributed by atoms with E-state index in [1.54, 1.807) is 6.08 Å². The minimum atomic E-state index is -0.841. The fourth-order valence-corrected chi connectivity index (χ4v) is 8.05. The largest absolute Gasteiger partial charge is 0.462 e. The third-order valence-corrected chi connectivity index (χ3v) is 12.6. The average Bonchev–Trinajstić information content (AvgIpc) is 3.42. The lowest BCUT2D eigenvalue weighted by atomic mass is 10.0. The summed E-state index contributed by atoms with van der Waals surface area (Å²) in [4.78, 5) is 38.1. The highest BCUT2D eigenvalue weighted by molar-refractivity contribution is 5.72. The van der Waals surface area contributed by atoms with Crippen molar-refractivity contribution in [3.8, 4) is 0 Å². The molecule has 0 N–H and O–H groups in total. The smallest absolute Gasteiger partial charge is 0.310 e. The fraction of sp³-hybridized carbons (Fsp3) is 0.614. The highest BCUT2D eigenvalue weighted by Gasteiger charge is 2.19. The maximum Gasteiger partial charge on any atom is 0.310 e. The number of hydrogen-bond donors (Lipinski definition) is 0. The quantitative estimate of drug-likeness (QED) is 0.0261. The highest BCUT2D eigenvalue weighted by atomic mass is 16.6. The van der Waals surface area contributed by atoms with Crippen molar-refractivity contribution in [1.29, 1.82) is 0 Å². The number of ether oxygens (including phenoxy) is 3. The molecule has 0 aromatic rings. The molecule has 428 valence electrons. The number of allylic oxidation sites excluding steroid dienone is 23. The molecule has 0 saturated heterocycles. The van der Waals surface area contributed by atoms with Gasteiger partial charge in [0.2, 0.25) is 0 Å². The molecule has 0 bridgehead atoms. The third-order valence-electron chi connectivity index (χ3n) is 12.6. The van der Waals surface area contributed by atoms with Crippen LogP contribution in [0.4, 0.5) is 0 Å². The van der Waals surface area contributed by atoms with Crippen molar-refractivity contribution < 1.29 is 28.6 Å². The van der Waals surface area contributed by atoms with Crippen LogP contribution in [-0.4, -0.2) is 37.2 Å². The Balaban J connectivity index is 4.30. The molecule has 0 amide bonds. The minimum absolute atomic E-state index is 0.0902. The van der Waals surface area contributed by atoms with E-state index >= 15 is 0 Å². The van der Waals surface area contributed by atoms with Crippen molar-refractivity contribution in [2.24, 2.45) is 0 Å².